The SMILES string of the molecule is COC(=O)[C@@]1(O[C@H]2[C@@H](OC(C)=O)[C@@H](COC(=O)c3ccccc3)O[C@@H](O[C@H]3[C@H](O[C@@H]4O[C@@H](C)[C@@H](O)[C@@H](O)[C@@H]4O)[C@@H](NC(C)=O)[C@H](OCCOCCOCCOCCOCCOCCN)O[C@@H]3CO)[C@@H]2OC(C)=O)C[C@H](OC(C)=O)[C@@H](NC(C)=O)[C@H]([C@H](OC(C)=O)[C@@H](COC(C)=O)OC(C)=O)O1. The summed E-state index contributed by atoms with van der Waals surface area (Å²) in [6.45, 7) is 8.50. The highest BCUT2D eigenvalue weighted by molar-refractivity contribution is 5.89. The van der Waals surface area contributed by atoms with Crippen molar-refractivity contribution in [2.75, 3.05) is 106 Å². The Morgan fingerprint density at radius 2 is 1.10 bits per heavy atom. The van der Waals surface area contributed by atoms with Gasteiger partial charge < -0.3 is 136 Å². The van der Waals surface area contributed by atoms with Gasteiger partial charge in [0.2, 0.25) is 11.8 Å². The fourth-order valence-corrected chi connectivity index (χ4v) is 11.1. The van der Waals surface area contributed by atoms with Gasteiger partial charge in [-0.25, -0.2) is 9.59 Å². The maximum absolute atomic E-state index is 15.1. The molecule has 0 aliphatic carbocycles. The Morgan fingerprint density at radius 3 is 1.62 bits per heavy atom. The second-order valence-corrected chi connectivity index (χ2v) is 23.2. The molecule has 4 fully saturated rings. The Kier molecular flexibility index (Phi) is 35.9. The van der Waals surface area contributed by atoms with Crippen molar-refractivity contribution >= 4 is 59.6 Å². The van der Waals surface area contributed by atoms with Gasteiger partial charge in [0.15, 0.2) is 43.3 Å². The summed E-state index contributed by atoms with van der Waals surface area (Å²) < 4.78 is 124. The molecule has 572 valence electrons. The minimum Gasteiger partial charge on any atom is -0.465 e. The van der Waals surface area contributed by atoms with Crippen LogP contribution in [0.1, 0.15) is 79.1 Å². The van der Waals surface area contributed by atoms with Gasteiger partial charge in [-0.1, -0.05) is 18.2 Å². The zero-order chi connectivity index (χ0) is 74.5. The maximum Gasteiger partial charge on any atom is 0.366 e. The molecule has 4 aliphatic heterocycles. The molecule has 4 saturated heterocycles. The lowest BCUT2D eigenvalue weighted by molar-refractivity contribution is -0.391. The molecule has 0 radical (unpaired) electrons. The number of nitrogens with one attached hydrogen (secondary N) is 2. The number of amides is 2. The number of carbonyl (C=O) groups is 10. The second-order valence-electron chi connectivity index (χ2n) is 23.2. The Morgan fingerprint density at radius 1 is 0.564 bits per heavy atom. The van der Waals surface area contributed by atoms with Crippen LogP contribution >= 0.6 is 0 Å². The standard InChI is InChI=1S/C63H95N3O35/c1-32-48(76)49(77)50(78)60(90-32)99-54-47(66-34(3)69)59(87-27-26-86-25-24-85-23-22-84-21-20-83-19-18-82-17-16-64)96-43(29-67)51(54)98-61-57(95-40(9)75)56(53(94-39(8)74)45(97-61)31-89-58(79)41-14-12-11-13-15-41)101-63(62(80)81-10)28-42(91-36(5)71)46(65-33(2)68)55(100-63)52(93-38(7)73)44(92-37(6)72)30-88-35(4)70/h11-15,32,42-57,59-61,67,76-78H,16-31,64H2,1-10H3,(H,65,68)(H,66,69)/t32-,42-,43+,44+,45+,46+,47+,48+,49+,50-,51+,52+,53-,54+,55+,56-,57+,59+,60-,61-,63-/m0/s1. The van der Waals surface area contributed by atoms with Crippen molar-refractivity contribution in [3.63, 3.8) is 0 Å². The van der Waals surface area contributed by atoms with Gasteiger partial charge in [0, 0.05) is 61.9 Å². The Bertz CT molecular complexity index is 2810. The Hall–Kier alpha value is -6.80. The first-order valence-corrected chi connectivity index (χ1v) is 32.4. The largest absolute Gasteiger partial charge is 0.465 e. The third-order valence-electron chi connectivity index (χ3n) is 15.3. The summed E-state index contributed by atoms with van der Waals surface area (Å²) in [6, 6.07) is 3.98. The maximum atomic E-state index is 15.1. The molecule has 0 spiro atoms. The molecule has 38 nitrogen and oxygen atoms in total. The highest BCUT2D eigenvalue weighted by Crippen LogP contribution is 2.43. The van der Waals surface area contributed by atoms with Crippen LogP contribution in [0.2, 0.25) is 0 Å². The summed E-state index contributed by atoms with van der Waals surface area (Å²) in [6.07, 6.45) is -36.3. The number of aliphatic hydroxyl groups excluding tert-OH is 4. The molecule has 101 heavy (non-hydrogen) atoms. The molecule has 1 aromatic carbocycles. The molecule has 0 saturated carbocycles. The van der Waals surface area contributed by atoms with Crippen molar-refractivity contribution in [2.24, 2.45) is 5.73 Å². The highest BCUT2D eigenvalue weighted by atomic mass is 16.8. The van der Waals surface area contributed by atoms with Crippen molar-refractivity contribution in [2.45, 2.75) is 197 Å². The lowest BCUT2D eigenvalue weighted by Crippen LogP contribution is -2.72. The molecule has 21 atom stereocenters. The highest BCUT2D eigenvalue weighted by Gasteiger charge is 2.64. The lowest BCUT2D eigenvalue weighted by atomic mass is 9.87. The number of esters is 8. The second kappa shape index (κ2) is 42.7. The van der Waals surface area contributed by atoms with Gasteiger partial charge in [-0.05, 0) is 19.1 Å². The Balaban J connectivity index is 1.65. The van der Waals surface area contributed by atoms with E-state index in [1.807, 2.05) is 0 Å². The quantitative estimate of drug-likeness (QED) is 0.0188. The molecule has 4 heterocycles. The first-order chi connectivity index (χ1) is 48.0. The third kappa shape index (κ3) is 26.4. The zero-order valence-corrected chi connectivity index (χ0v) is 57.8. The van der Waals surface area contributed by atoms with E-state index in [0.29, 0.717) is 39.6 Å². The van der Waals surface area contributed by atoms with Crippen molar-refractivity contribution in [1.29, 1.82) is 0 Å². The van der Waals surface area contributed by atoms with Gasteiger partial charge in [0.1, 0.15) is 80.3 Å². The number of aliphatic hydroxyl groups is 4. The first kappa shape index (κ1) is 84.9. The van der Waals surface area contributed by atoms with Gasteiger partial charge in [0.25, 0.3) is 5.79 Å². The molecule has 0 unspecified atom stereocenters. The molecule has 2 amide bonds. The topological polar surface area (TPSA) is 496 Å². The average molecular weight is 1450 g/mol. The summed E-state index contributed by atoms with van der Waals surface area (Å²) in [5.41, 5.74) is 5.38. The van der Waals surface area contributed by atoms with E-state index in [-0.39, 0.29) is 45.2 Å². The summed E-state index contributed by atoms with van der Waals surface area (Å²) in [5.74, 6) is -14.1. The monoisotopic (exact) mass is 1450 g/mol. The van der Waals surface area contributed by atoms with E-state index < -0.39 is 214 Å². The van der Waals surface area contributed by atoms with E-state index in [1.165, 1.54) is 31.2 Å². The summed E-state index contributed by atoms with van der Waals surface area (Å²) >= 11 is 0. The van der Waals surface area contributed by atoms with Gasteiger partial charge in [-0.3, -0.25) is 38.4 Å². The smallest absolute Gasteiger partial charge is 0.366 e. The summed E-state index contributed by atoms with van der Waals surface area (Å²) in [5, 5.41) is 49.9. The van der Waals surface area contributed by atoms with Crippen molar-refractivity contribution in [1.82, 2.24) is 10.6 Å². The van der Waals surface area contributed by atoms with Crippen LogP contribution in [0.4, 0.5) is 0 Å². The summed E-state index contributed by atoms with van der Waals surface area (Å²) in [7, 11) is 0.827. The molecule has 0 aromatic heterocycles. The van der Waals surface area contributed by atoms with Crippen LogP contribution in [0.5, 0.6) is 0 Å². The summed E-state index contributed by atoms with van der Waals surface area (Å²) in [4.78, 5) is 134. The molecule has 5 rings (SSSR count). The van der Waals surface area contributed by atoms with Crippen molar-refractivity contribution < 1.29 is 168 Å². The van der Waals surface area contributed by atoms with Crippen LogP contribution in [0, 0.1) is 0 Å². The van der Waals surface area contributed by atoms with Crippen LogP contribution in [-0.4, -0.2) is 314 Å². The number of methoxy groups -OCH3 is 1. The number of hydrogen-bond acceptors (Lipinski definition) is 36. The number of carbonyl (C=O) groups excluding carboxylic acids is 10. The minimum absolute atomic E-state index is 0.0205. The van der Waals surface area contributed by atoms with Gasteiger partial charge >= 0.3 is 47.8 Å². The molecule has 4 aliphatic rings. The van der Waals surface area contributed by atoms with E-state index in [0.717, 1.165) is 62.5 Å². The van der Waals surface area contributed by atoms with E-state index in [1.54, 1.807) is 6.07 Å². The average Bonchev–Trinajstić information content (AvgIpc) is 0.744. The molecule has 0 bridgehead atoms. The predicted molar refractivity (Wildman–Crippen MR) is 331 cm³/mol. The number of hydrogen-bond donors (Lipinski definition) is 7. The molecule has 8 N–H and O–H groups in total. The van der Waals surface area contributed by atoms with Crippen LogP contribution in [0.25, 0.3) is 0 Å². The normalized spacial score (nSPS) is 30.0. The lowest BCUT2D eigenvalue weighted by Gasteiger charge is -2.53. The molecule has 38 heteroatoms. The van der Waals surface area contributed by atoms with Crippen LogP contribution in [-0.2, 0) is 143 Å². The van der Waals surface area contributed by atoms with Gasteiger partial charge in [-0.15, -0.1) is 0 Å². The van der Waals surface area contributed by atoms with E-state index in [4.69, 9.17) is 105 Å². The number of nitrogens with two attached hydrogens (primary N) is 1. The van der Waals surface area contributed by atoms with Crippen LogP contribution in [0.15, 0.2) is 30.3 Å². The minimum atomic E-state index is -3.22. The van der Waals surface area contributed by atoms with Gasteiger partial charge in [0.05, 0.1) is 111 Å². The van der Waals surface area contributed by atoms with Crippen LogP contribution in [0.3, 0.4) is 0 Å². The fraction of sp³-hybridized carbons (Fsp3) is 0.746. The third-order valence-corrected chi connectivity index (χ3v) is 15.3. The van der Waals surface area contributed by atoms with Crippen molar-refractivity contribution in [3.05, 3.63) is 35.9 Å². The molecular formula is C63H95N3O35. The van der Waals surface area contributed by atoms with E-state index in [9.17, 15) is 63.6 Å². The fourth-order valence-electron chi connectivity index (χ4n) is 11.1. The first-order valence-electron chi connectivity index (χ1n) is 32.4. The van der Waals surface area contributed by atoms with E-state index >= 15 is 4.79 Å². The van der Waals surface area contributed by atoms with Gasteiger partial charge in [-0.2, -0.15) is 0 Å². The Labute approximate surface area is 581 Å². The molecular weight excluding hydrogens is 1360 g/mol. The number of benzene rings is 1. The zero-order valence-electron chi connectivity index (χ0n) is 57.8. The number of rotatable bonds is 40. The van der Waals surface area contributed by atoms with Crippen molar-refractivity contribution in [3.8, 4) is 0 Å². The number of ether oxygens (including phenoxy) is 21. The van der Waals surface area contributed by atoms with E-state index in [2.05, 4.69) is 10.6 Å². The predicted octanol–water partition coefficient (Wildman–Crippen LogP) is -3.78. The van der Waals surface area contributed by atoms with Crippen LogP contribution < -0.4 is 16.4 Å². The molecule has 1 aromatic rings.